The van der Waals surface area contributed by atoms with Crippen LogP contribution >= 0.6 is 17.2 Å². The Bertz CT molecular complexity index is 1710. The van der Waals surface area contributed by atoms with E-state index >= 15 is 0 Å². The summed E-state index contributed by atoms with van der Waals surface area (Å²) in [7, 11) is -2.84. The molecule has 228 valence electrons. The van der Waals surface area contributed by atoms with Gasteiger partial charge in [0.15, 0.2) is 0 Å². The molecule has 45 heavy (non-hydrogen) atoms. The molecule has 0 aliphatic carbocycles. The topological polar surface area (TPSA) is 55.4 Å². The van der Waals surface area contributed by atoms with Crippen molar-refractivity contribution in [3.05, 3.63) is 120 Å². The van der Waals surface area contributed by atoms with Gasteiger partial charge in [-0.1, -0.05) is 97.1 Å². The highest BCUT2D eigenvalue weighted by molar-refractivity contribution is 7.42. The van der Waals surface area contributed by atoms with Crippen LogP contribution in [0.25, 0.3) is 43.1 Å². The number of rotatable bonds is 8. The van der Waals surface area contributed by atoms with Gasteiger partial charge in [0.05, 0.1) is 45.1 Å². The van der Waals surface area contributed by atoms with Gasteiger partial charge in [0.1, 0.15) is 0 Å². The third-order valence-electron chi connectivity index (χ3n) is 8.77. The fourth-order valence-electron chi connectivity index (χ4n) is 6.43. The minimum absolute atomic E-state index is 0.345. The van der Waals surface area contributed by atoms with Crippen LogP contribution in [-0.2, 0) is 40.0 Å². The van der Waals surface area contributed by atoms with Gasteiger partial charge in [0.2, 0.25) is 0 Å². The first-order chi connectivity index (χ1) is 22.2. The van der Waals surface area contributed by atoms with Crippen molar-refractivity contribution in [1.29, 1.82) is 0 Å². The van der Waals surface area contributed by atoms with E-state index < -0.39 is 17.2 Å². The summed E-state index contributed by atoms with van der Waals surface area (Å²) in [5, 5.41) is 10.0. The van der Waals surface area contributed by atoms with Crippen LogP contribution in [0.3, 0.4) is 0 Å². The highest BCUT2D eigenvalue weighted by atomic mass is 31.2. The van der Waals surface area contributed by atoms with Gasteiger partial charge in [-0.15, -0.1) is 0 Å². The first-order valence-corrected chi connectivity index (χ1v) is 17.6. The molecule has 2 aliphatic rings. The Labute approximate surface area is 265 Å². The zero-order valence-electron chi connectivity index (χ0n) is 24.9. The van der Waals surface area contributed by atoms with Gasteiger partial charge >= 0.3 is 17.2 Å². The smallest absolute Gasteiger partial charge is 0.312 e. The van der Waals surface area contributed by atoms with Gasteiger partial charge in [-0.2, -0.15) is 0 Å². The summed E-state index contributed by atoms with van der Waals surface area (Å²) in [5.74, 6) is 0. The Morgan fingerprint density at radius 3 is 1.11 bits per heavy atom. The second-order valence-electron chi connectivity index (χ2n) is 11.8. The molecule has 0 aromatic heterocycles. The molecule has 6 aromatic rings. The largest absolute Gasteiger partial charge is 0.332 e. The lowest BCUT2D eigenvalue weighted by Crippen LogP contribution is -2.44. The summed E-state index contributed by atoms with van der Waals surface area (Å²) < 4.78 is 36.5. The molecule has 0 saturated carbocycles. The number of hydrogen-bond acceptors (Lipinski definition) is 6. The van der Waals surface area contributed by atoms with Crippen LogP contribution in [0, 0.1) is 5.41 Å². The SMILES string of the molecule is c1ccc2c(CCOP3OCC4(CO3)COP(OCCc3c5ccccc5cc5ccccc35)OC4)c3ccccc3cc2c1. The summed E-state index contributed by atoms with van der Waals surface area (Å²) in [6, 6.07) is 38.6. The van der Waals surface area contributed by atoms with E-state index in [0.717, 1.165) is 12.8 Å². The normalized spacial score (nSPS) is 22.1. The lowest BCUT2D eigenvalue weighted by atomic mass is 9.93. The predicted octanol–water partition coefficient (Wildman–Crippen LogP) is 9.65. The molecular weight excluding hydrogens is 602 g/mol. The average molecular weight is 637 g/mol. The van der Waals surface area contributed by atoms with Crippen LogP contribution in [0.5, 0.6) is 0 Å². The van der Waals surface area contributed by atoms with Crippen molar-refractivity contribution < 1.29 is 27.1 Å². The number of hydrogen-bond donors (Lipinski definition) is 0. The Morgan fingerprint density at radius 2 is 0.778 bits per heavy atom. The van der Waals surface area contributed by atoms with Crippen LogP contribution in [0.1, 0.15) is 11.1 Å². The summed E-state index contributed by atoms with van der Waals surface area (Å²) in [6.07, 6.45) is 1.56. The Kier molecular flexibility index (Phi) is 8.49. The average Bonchev–Trinajstić information content (AvgIpc) is 3.09. The summed E-state index contributed by atoms with van der Waals surface area (Å²) >= 11 is 0. The quantitative estimate of drug-likeness (QED) is 0.123. The molecule has 2 fully saturated rings. The van der Waals surface area contributed by atoms with Crippen LogP contribution in [0.4, 0.5) is 0 Å². The minimum Gasteiger partial charge on any atom is -0.312 e. The summed E-state index contributed by atoms with van der Waals surface area (Å²) in [6.45, 7) is 2.94. The standard InChI is InChI=1S/C37H34O6P2/c1-5-13-31-27(9-1)21-28-10-2-6-14-32(28)35(31)17-19-38-44-40-23-37(24-41-44)25-42-45(43-26-37)39-20-18-36-33-15-7-3-11-29(33)22-30-12-4-8-16-34(30)36/h1-16,21-22H,17-20,23-26H2. The highest BCUT2D eigenvalue weighted by Gasteiger charge is 2.44. The molecule has 8 heteroatoms. The van der Waals surface area contributed by atoms with E-state index in [1.54, 1.807) is 0 Å². The van der Waals surface area contributed by atoms with Crippen molar-refractivity contribution in [3.63, 3.8) is 0 Å². The lowest BCUT2D eigenvalue weighted by molar-refractivity contribution is -0.0758. The lowest BCUT2D eigenvalue weighted by Gasteiger charge is -2.41. The first-order valence-electron chi connectivity index (χ1n) is 15.4. The maximum absolute atomic E-state index is 6.11. The molecule has 0 radical (unpaired) electrons. The molecule has 0 amide bonds. The monoisotopic (exact) mass is 636 g/mol. The molecule has 2 heterocycles. The second-order valence-corrected chi connectivity index (χ2v) is 14.2. The van der Waals surface area contributed by atoms with E-state index in [9.17, 15) is 0 Å². The van der Waals surface area contributed by atoms with E-state index in [1.807, 2.05) is 0 Å². The van der Waals surface area contributed by atoms with E-state index in [-0.39, 0.29) is 5.41 Å². The Morgan fingerprint density at radius 1 is 0.467 bits per heavy atom. The van der Waals surface area contributed by atoms with Crippen LogP contribution in [0.15, 0.2) is 109 Å². The number of benzene rings is 6. The second kappa shape index (κ2) is 13.0. The van der Waals surface area contributed by atoms with Gasteiger partial charge < -0.3 is 27.1 Å². The van der Waals surface area contributed by atoms with E-state index in [0.29, 0.717) is 39.6 Å². The molecule has 6 nitrogen and oxygen atoms in total. The van der Waals surface area contributed by atoms with Crippen molar-refractivity contribution in [3.8, 4) is 0 Å². The van der Waals surface area contributed by atoms with Crippen molar-refractivity contribution in [1.82, 2.24) is 0 Å². The fourth-order valence-corrected chi connectivity index (χ4v) is 8.88. The van der Waals surface area contributed by atoms with Crippen molar-refractivity contribution in [2.24, 2.45) is 5.41 Å². The molecule has 0 unspecified atom stereocenters. The molecule has 0 bridgehead atoms. The van der Waals surface area contributed by atoms with Crippen LogP contribution in [0.2, 0.25) is 0 Å². The Balaban J connectivity index is 0.829. The third-order valence-corrected chi connectivity index (χ3v) is 10.9. The zero-order valence-corrected chi connectivity index (χ0v) is 26.7. The molecule has 0 N–H and O–H groups in total. The maximum Gasteiger partial charge on any atom is 0.332 e. The van der Waals surface area contributed by atoms with Crippen LogP contribution in [-0.4, -0.2) is 39.6 Å². The molecule has 0 atom stereocenters. The molecule has 1 spiro atoms. The predicted molar refractivity (Wildman–Crippen MR) is 182 cm³/mol. The van der Waals surface area contributed by atoms with Crippen molar-refractivity contribution in [2.45, 2.75) is 12.8 Å². The van der Waals surface area contributed by atoms with Gasteiger partial charge in [0.25, 0.3) is 0 Å². The molecule has 2 saturated heterocycles. The fraction of sp³-hybridized carbons (Fsp3) is 0.243. The Hall–Kier alpha value is -3.02. The molecule has 8 rings (SSSR count). The zero-order chi connectivity index (χ0) is 30.1. The highest BCUT2D eigenvalue weighted by Crippen LogP contribution is 2.53. The number of fused-ring (bicyclic) bond motifs is 4. The summed E-state index contributed by atoms with van der Waals surface area (Å²) in [5.41, 5.74) is 2.24. The van der Waals surface area contributed by atoms with E-state index in [2.05, 4.69) is 109 Å². The van der Waals surface area contributed by atoms with Crippen molar-refractivity contribution >= 4 is 60.3 Å². The van der Waals surface area contributed by atoms with Crippen molar-refractivity contribution in [2.75, 3.05) is 39.6 Å². The third kappa shape index (κ3) is 6.11. The molecular formula is C37H34O6P2. The van der Waals surface area contributed by atoms with Crippen LogP contribution < -0.4 is 0 Å². The van der Waals surface area contributed by atoms with Gasteiger partial charge in [-0.25, -0.2) is 0 Å². The summed E-state index contributed by atoms with van der Waals surface area (Å²) in [4.78, 5) is 0. The van der Waals surface area contributed by atoms with E-state index in [1.165, 1.54) is 54.2 Å². The van der Waals surface area contributed by atoms with Gasteiger partial charge in [-0.3, -0.25) is 0 Å². The molecule has 2 aliphatic heterocycles. The molecule has 6 aromatic carbocycles. The maximum atomic E-state index is 6.11. The van der Waals surface area contributed by atoms with Gasteiger partial charge in [0, 0.05) is 0 Å². The van der Waals surface area contributed by atoms with Gasteiger partial charge in [-0.05, 0) is 79.2 Å². The first kappa shape index (κ1) is 29.4. The van der Waals surface area contributed by atoms with E-state index in [4.69, 9.17) is 27.1 Å². The minimum atomic E-state index is -1.42.